The number of carbonyl (C=O) groups excluding carboxylic acids is 1. The Bertz CT molecular complexity index is 401. The van der Waals surface area contributed by atoms with E-state index >= 15 is 0 Å². The number of alkyl halides is 3. The quantitative estimate of drug-likeness (QED) is 0.748. The van der Waals surface area contributed by atoms with Gasteiger partial charge in [0.05, 0.1) is 10.6 Å². The van der Waals surface area contributed by atoms with Crippen LogP contribution in [0.5, 0.6) is 0 Å². The Hall–Kier alpha value is -1.03. The molecule has 17 heavy (non-hydrogen) atoms. The second kappa shape index (κ2) is 5.54. The van der Waals surface area contributed by atoms with Crippen LogP contribution in [-0.2, 0) is 17.4 Å². The molecule has 0 heterocycles. The van der Waals surface area contributed by atoms with E-state index in [2.05, 4.69) is 0 Å². The highest BCUT2D eigenvalue weighted by molar-refractivity contribution is 6.31. The lowest BCUT2D eigenvalue weighted by molar-refractivity contribution is -0.137. The van der Waals surface area contributed by atoms with Crippen LogP contribution in [0.15, 0.2) is 18.2 Å². The van der Waals surface area contributed by atoms with Crippen LogP contribution in [0.4, 0.5) is 13.2 Å². The Kier molecular flexibility index (Phi) is 4.57. The first-order valence-electron chi connectivity index (χ1n) is 5.14. The molecule has 1 nitrogen and oxygen atoms in total. The lowest BCUT2D eigenvalue weighted by Crippen LogP contribution is -2.08. The fraction of sp³-hybridized carbons (Fsp3) is 0.417. The van der Waals surface area contributed by atoms with Gasteiger partial charge in [-0.15, -0.1) is 0 Å². The first-order valence-corrected chi connectivity index (χ1v) is 5.51. The zero-order chi connectivity index (χ0) is 13.1. The zero-order valence-corrected chi connectivity index (χ0v) is 9.98. The van der Waals surface area contributed by atoms with E-state index in [0.29, 0.717) is 18.4 Å². The summed E-state index contributed by atoms with van der Waals surface area (Å²) in [5.74, 6) is 0.0229. The van der Waals surface area contributed by atoms with Crippen LogP contribution in [-0.4, -0.2) is 6.29 Å². The summed E-state index contributed by atoms with van der Waals surface area (Å²) in [4.78, 5) is 10.3. The lowest BCUT2D eigenvalue weighted by Gasteiger charge is -2.12. The molecule has 1 aromatic rings. The summed E-state index contributed by atoms with van der Waals surface area (Å²) in [6.07, 6.45) is -2.91. The molecule has 0 fully saturated rings. The molecule has 0 amide bonds. The second-order valence-corrected chi connectivity index (χ2v) is 4.43. The molecule has 94 valence electrons. The van der Waals surface area contributed by atoms with E-state index in [-0.39, 0.29) is 10.9 Å². The van der Waals surface area contributed by atoms with Gasteiger partial charge in [0.15, 0.2) is 0 Å². The molecule has 0 saturated heterocycles. The molecule has 0 bridgehead atoms. The van der Waals surface area contributed by atoms with Crippen molar-refractivity contribution in [2.45, 2.75) is 25.9 Å². The molecule has 1 aromatic carbocycles. The average molecular weight is 265 g/mol. The van der Waals surface area contributed by atoms with E-state index in [9.17, 15) is 18.0 Å². The summed E-state index contributed by atoms with van der Waals surface area (Å²) in [5, 5.41) is -0.302. The minimum absolute atomic E-state index is 0.0229. The monoisotopic (exact) mass is 264 g/mol. The van der Waals surface area contributed by atoms with Gasteiger partial charge < -0.3 is 4.79 Å². The molecule has 0 aliphatic rings. The third-order valence-corrected chi connectivity index (χ3v) is 2.75. The van der Waals surface area contributed by atoms with Crippen LogP contribution in [0, 0.1) is 5.92 Å². The van der Waals surface area contributed by atoms with Gasteiger partial charge in [-0.3, -0.25) is 0 Å². The summed E-state index contributed by atoms with van der Waals surface area (Å²) in [7, 11) is 0. The van der Waals surface area contributed by atoms with Crippen molar-refractivity contribution in [1.82, 2.24) is 0 Å². The molecule has 0 aromatic heterocycles. The SMILES string of the molecule is CC(CC=O)Cc1ccc(Cl)c(C(F)(F)F)c1. The smallest absolute Gasteiger partial charge is 0.303 e. The number of hydrogen-bond acceptors (Lipinski definition) is 1. The number of aldehydes is 1. The highest BCUT2D eigenvalue weighted by Gasteiger charge is 2.33. The minimum Gasteiger partial charge on any atom is -0.303 e. The topological polar surface area (TPSA) is 17.1 Å². The summed E-state index contributed by atoms with van der Waals surface area (Å²) in [6.45, 7) is 1.82. The van der Waals surface area contributed by atoms with Crippen molar-refractivity contribution < 1.29 is 18.0 Å². The maximum Gasteiger partial charge on any atom is 0.417 e. The maximum absolute atomic E-state index is 12.6. The standard InChI is InChI=1S/C12H12ClF3O/c1-8(4-5-17)6-9-2-3-11(13)10(7-9)12(14,15)16/h2-3,5,7-8H,4,6H2,1H3. The van der Waals surface area contributed by atoms with Gasteiger partial charge in [-0.2, -0.15) is 13.2 Å². The van der Waals surface area contributed by atoms with Crippen molar-refractivity contribution in [3.05, 3.63) is 34.3 Å². The molecule has 1 rings (SSSR count). The first-order chi connectivity index (χ1) is 7.84. The molecule has 0 spiro atoms. The van der Waals surface area contributed by atoms with E-state index in [0.717, 1.165) is 12.4 Å². The minimum atomic E-state index is -4.44. The average Bonchev–Trinajstić information content (AvgIpc) is 2.19. The Morgan fingerprint density at radius 2 is 2.06 bits per heavy atom. The van der Waals surface area contributed by atoms with Crippen LogP contribution in [0.25, 0.3) is 0 Å². The predicted octanol–water partition coefficient (Wildman–Crippen LogP) is 4.13. The van der Waals surface area contributed by atoms with Crippen molar-refractivity contribution in [1.29, 1.82) is 0 Å². The fourth-order valence-corrected chi connectivity index (χ4v) is 1.79. The van der Waals surface area contributed by atoms with Gasteiger partial charge >= 0.3 is 6.18 Å². The Morgan fingerprint density at radius 3 is 2.59 bits per heavy atom. The molecule has 1 atom stereocenters. The summed E-state index contributed by atoms with van der Waals surface area (Å²) in [6, 6.07) is 3.84. The van der Waals surface area contributed by atoms with Crippen LogP contribution < -0.4 is 0 Å². The molecule has 0 N–H and O–H groups in total. The summed E-state index contributed by atoms with van der Waals surface area (Å²) < 4.78 is 37.7. The molecule has 0 saturated carbocycles. The van der Waals surface area contributed by atoms with Crippen LogP contribution in [0.2, 0.25) is 5.02 Å². The summed E-state index contributed by atoms with van der Waals surface area (Å²) in [5.41, 5.74) is -0.286. The van der Waals surface area contributed by atoms with Crippen molar-refractivity contribution in [2.24, 2.45) is 5.92 Å². The number of carbonyl (C=O) groups is 1. The van der Waals surface area contributed by atoms with Crippen LogP contribution in [0.1, 0.15) is 24.5 Å². The fourth-order valence-electron chi connectivity index (χ4n) is 1.57. The molecular weight excluding hydrogens is 253 g/mol. The molecule has 0 radical (unpaired) electrons. The largest absolute Gasteiger partial charge is 0.417 e. The third-order valence-electron chi connectivity index (χ3n) is 2.42. The van der Waals surface area contributed by atoms with E-state index in [1.165, 1.54) is 6.07 Å². The lowest BCUT2D eigenvalue weighted by atomic mass is 9.97. The molecular formula is C12H12ClF3O. The van der Waals surface area contributed by atoms with Gasteiger partial charge in [0.2, 0.25) is 0 Å². The normalized spacial score (nSPS) is 13.5. The third kappa shape index (κ3) is 4.04. The van der Waals surface area contributed by atoms with Crippen molar-refractivity contribution >= 4 is 17.9 Å². The van der Waals surface area contributed by atoms with Gasteiger partial charge in [-0.25, -0.2) is 0 Å². The van der Waals surface area contributed by atoms with Crippen molar-refractivity contribution in [3.63, 3.8) is 0 Å². The number of hydrogen-bond donors (Lipinski definition) is 0. The molecule has 5 heteroatoms. The van der Waals surface area contributed by atoms with Gasteiger partial charge in [-0.05, 0) is 30.0 Å². The second-order valence-electron chi connectivity index (χ2n) is 4.02. The first kappa shape index (κ1) is 14.0. The Balaban J connectivity index is 2.93. The number of benzene rings is 1. The molecule has 1 unspecified atom stereocenters. The molecule has 0 aliphatic carbocycles. The highest BCUT2D eigenvalue weighted by Crippen LogP contribution is 2.35. The van der Waals surface area contributed by atoms with Gasteiger partial charge in [0.1, 0.15) is 6.29 Å². The Labute approximate surface area is 103 Å². The van der Waals surface area contributed by atoms with Crippen LogP contribution in [0.3, 0.4) is 0 Å². The van der Waals surface area contributed by atoms with Crippen LogP contribution >= 0.6 is 11.6 Å². The van der Waals surface area contributed by atoms with E-state index in [1.54, 1.807) is 6.07 Å². The van der Waals surface area contributed by atoms with E-state index < -0.39 is 11.7 Å². The maximum atomic E-state index is 12.6. The molecule has 0 aliphatic heterocycles. The van der Waals surface area contributed by atoms with Crippen molar-refractivity contribution in [2.75, 3.05) is 0 Å². The zero-order valence-electron chi connectivity index (χ0n) is 9.22. The van der Waals surface area contributed by atoms with Gasteiger partial charge in [-0.1, -0.05) is 24.6 Å². The van der Waals surface area contributed by atoms with E-state index in [4.69, 9.17) is 11.6 Å². The number of rotatable bonds is 4. The summed E-state index contributed by atoms with van der Waals surface area (Å²) >= 11 is 5.50. The highest BCUT2D eigenvalue weighted by atomic mass is 35.5. The Morgan fingerprint density at radius 1 is 1.41 bits per heavy atom. The van der Waals surface area contributed by atoms with Gasteiger partial charge in [0.25, 0.3) is 0 Å². The van der Waals surface area contributed by atoms with E-state index in [1.807, 2.05) is 6.92 Å². The number of halogens is 4. The van der Waals surface area contributed by atoms with Gasteiger partial charge in [0, 0.05) is 6.42 Å². The predicted molar refractivity (Wildman–Crippen MR) is 60.0 cm³/mol. The van der Waals surface area contributed by atoms with Crippen molar-refractivity contribution in [3.8, 4) is 0 Å².